The van der Waals surface area contributed by atoms with E-state index in [-0.39, 0.29) is 36.4 Å². The van der Waals surface area contributed by atoms with E-state index in [0.29, 0.717) is 31.6 Å². The number of rotatable bonds is 10. The van der Waals surface area contributed by atoms with Crippen molar-refractivity contribution in [2.75, 3.05) is 13.2 Å². The molecule has 3 rings (SSSR count). The maximum atomic E-state index is 11.5. The van der Waals surface area contributed by atoms with E-state index >= 15 is 0 Å². The molecule has 0 amide bonds. The van der Waals surface area contributed by atoms with Gasteiger partial charge in [0.1, 0.15) is 18.5 Å². The van der Waals surface area contributed by atoms with E-state index in [9.17, 15) is 20.1 Å². The molecule has 2 unspecified atom stereocenters. The molecule has 6 nitrogen and oxygen atoms in total. The van der Waals surface area contributed by atoms with Gasteiger partial charge in [-0.2, -0.15) is 0 Å². The molecule has 0 spiro atoms. The Morgan fingerprint density at radius 3 is 2.77 bits per heavy atom. The number of fused-ring (bicyclic) bond motifs is 1. The maximum Gasteiger partial charge on any atom is 0.306 e. The number of hydrogen-bond acceptors (Lipinski definition) is 5. The van der Waals surface area contributed by atoms with Gasteiger partial charge in [-0.05, 0) is 49.7 Å². The molecule has 3 N–H and O–H groups in total. The highest BCUT2D eigenvalue weighted by Gasteiger charge is 2.43. The lowest BCUT2D eigenvalue weighted by atomic mass is 9.84. The third-order valence-electron chi connectivity index (χ3n) is 6.67. The molecule has 0 aromatic heterocycles. The minimum absolute atomic E-state index is 0.0122. The quantitative estimate of drug-likeness (QED) is 0.488. The van der Waals surface area contributed by atoms with Crippen molar-refractivity contribution < 1.29 is 29.6 Å². The molecule has 6 heteroatoms. The van der Waals surface area contributed by atoms with E-state index in [2.05, 4.69) is 0 Å². The first-order chi connectivity index (χ1) is 15.0. The lowest BCUT2D eigenvalue weighted by molar-refractivity contribution is -0.142. The van der Waals surface area contributed by atoms with Crippen LogP contribution in [0.2, 0.25) is 0 Å². The zero-order valence-electron chi connectivity index (χ0n) is 18.3. The molecule has 1 heterocycles. The molecule has 1 aliphatic carbocycles. The summed E-state index contributed by atoms with van der Waals surface area (Å²) in [7, 11) is 0. The Balaban J connectivity index is 1.53. The minimum Gasteiger partial charge on any atom is -0.491 e. The number of aliphatic carboxylic acids is 1. The van der Waals surface area contributed by atoms with Gasteiger partial charge in [0.2, 0.25) is 0 Å². The lowest BCUT2D eigenvalue weighted by Crippen LogP contribution is -2.22. The molecule has 7 atom stereocenters. The molecular formula is C25H36O6. The fourth-order valence-corrected chi connectivity index (χ4v) is 5.00. The Kier molecular flexibility index (Phi) is 8.93. The van der Waals surface area contributed by atoms with Gasteiger partial charge >= 0.3 is 5.97 Å². The molecule has 0 radical (unpaired) electrons. The van der Waals surface area contributed by atoms with Gasteiger partial charge in [-0.1, -0.05) is 43.7 Å². The van der Waals surface area contributed by atoms with E-state index in [1.54, 1.807) is 6.08 Å². The van der Waals surface area contributed by atoms with Crippen molar-refractivity contribution in [3.63, 3.8) is 0 Å². The molecule has 172 valence electrons. The van der Waals surface area contributed by atoms with Crippen molar-refractivity contribution in [2.24, 2.45) is 23.7 Å². The molecule has 31 heavy (non-hydrogen) atoms. The predicted molar refractivity (Wildman–Crippen MR) is 118 cm³/mol. The first-order valence-electron chi connectivity index (χ1n) is 11.5. The molecule has 1 aromatic carbocycles. The van der Waals surface area contributed by atoms with Crippen molar-refractivity contribution in [3.05, 3.63) is 42.5 Å². The summed E-state index contributed by atoms with van der Waals surface area (Å²) in [5, 5.41) is 30.3. The van der Waals surface area contributed by atoms with Gasteiger partial charge in [0.25, 0.3) is 0 Å². The fraction of sp³-hybridized carbons (Fsp3) is 0.640. The molecule has 2 fully saturated rings. The Hall–Kier alpha value is -1.89. The van der Waals surface area contributed by atoms with Crippen molar-refractivity contribution >= 4 is 5.97 Å². The van der Waals surface area contributed by atoms with Gasteiger partial charge in [-0.3, -0.25) is 4.79 Å². The highest BCUT2D eigenvalue weighted by atomic mass is 16.5. The molecule has 1 aliphatic heterocycles. The summed E-state index contributed by atoms with van der Waals surface area (Å²) in [4.78, 5) is 11.5. The zero-order valence-corrected chi connectivity index (χ0v) is 18.3. The van der Waals surface area contributed by atoms with Crippen LogP contribution in [0.25, 0.3) is 0 Å². The Morgan fingerprint density at radius 2 is 2.06 bits per heavy atom. The van der Waals surface area contributed by atoms with E-state index < -0.39 is 18.2 Å². The third-order valence-corrected chi connectivity index (χ3v) is 6.67. The number of hydrogen-bond donors (Lipinski definition) is 3. The number of aliphatic hydroxyl groups is 2. The van der Waals surface area contributed by atoms with Crippen LogP contribution in [0.5, 0.6) is 5.75 Å². The summed E-state index contributed by atoms with van der Waals surface area (Å²) in [5.74, 6) is 0.0487. The van der Waals surface area contributed by atoms with Crippen LogP contribution in [0.3, 0.4) is 0 Å². The Bertz CT molecular complexity index is 705. The number of para-hydroxylation sites is 1. The number of carbonyl (C=O) groups is 1. The summed E-state index contributed by atoms with van der Waals surface area (Å²) in [6.45, 7) is 2.73. The predicted octanol–water partition coefficient (Wildman–Crippen LogP) is 3.67. The van der Waals surface area contributed by atoms with Crippen LogP contribution in [0.1, 0.15) is 45.4 Å². The van der Waals surface area contributed by atoms with Crippen LogP contribution >= 0.6 is 0 Å². The first kappa shape index (κ1) is 23.8. The molecule has 1 aromatic rings. The number of aliphatic hydroxyl groups excluding tert-OH is 2. The van der Waals surface area contributed by atoms with Gasteiger partial charge in [-0.25, -0.2) is 0 Å². The monoisotopic (exact) mass is 432 g/mol. The van der Waals surface area contributed by atoms with Gasteiger partial charge in [0, 0.05) is 18.9 Å². The molecule has 1 saturated carbocycles. The summed E-state index contributed by atoms with van der Waals surface area (Å²) in [5.41, 5.74) is 0. The maximum absolute atomic E-state index is 11.5. The summed E-state index contributed by atoms with van der Waals surface area (Å²) in [6.07, 6.45) is 6.98. The van der Waals surface area contributed by atoms with Gasteiger partial charge in [0.05, 0.1) is 18.1 Å². The second-order valence-corrected chi connectivity index (χ2v) is 9.00. The molecule has 0 bridgehead atoms. The highest BCUT2D eigenvalue weighted by molar-refractivity contribution is 5.69. The number of benzene rings is 1. The van der Waals surface area contributed by atoms with E-state index in [1.165, 1.54) is 0 Å². The van der Waals surface area contributed by atoms with E-state index in [4.69, 9.17) is 9.47 Å². The fourth-order valence-electron chi connectivity index (χ4n) is 5.00. The largest absolute Gasteiger partial charge is 0.491 e. The molecule has 2 aliphatic rings. The Morgan fingerprint density at radius 1 is 1.29 bits per heavy atom. The van der Waals surface area contributed by atoms with Crippen molar-refractivity contribution in [3.8, 4) is 5.75 Å². The Labute approximate surface area is 184 Å². The van der Waals surface area contributed by atoms with E-state index in [0.717, 1.165) is 19.3 Å². The first-order valence-corrected chi connectivity index (χ1v) is 11.5. The van der Waals surface area contributed by atoms with Crippen LogP contribution in [0, 0.1) is 23.7 Å². The number of carboxylic acid groups (broad SMARTS) is 1. The summed E-state index contributed by atoms with van der Waals surface area (Å²) < 4.78 is 11.7. The summed E-state index contributed by atoms with van der Waals surface area (Å²) >= 11 is 0. The normalized spacial score (nSPS) is 30.5. The SMILES string of the molecule is CCCC(CC1CC[C@@H]2[C@@H](/C=C/[C@@H](O)COc3ccccc3)[C@H](O)C[C@@H]2OC1)C(=O)O. The van der Waals surface area contributed by atoms with Crippen LogP contribution in [0.15, 0.2) is 42.5 Å². The number of ether oxygens (including phenoxy) is 2. The van der Waals surface area contributed by atoms with Gasteiger partial charge in [0.15, 0.2) is 0 Å². The van der Waals surface area contributed by atoms with Crippen LogP contribution in [0.4, 0.5) is 0 Å². The smallest absolute Gasteiger partial charge is 0.306 e. The second kappa shape index (κ2) is 11.7. The third kappa shape index (κ3) is 6.79. The highest BCUT2D eigenvalue weighted by Crippen LogP contribution is 2.42. The summed E-state index contributed by atoms with van der Waals surface area (Å²) in [6, 6.07) is 9.36. The van der Waals surface area contributed by atoms with Crippen LogP contribution in [-0.2, 0) is 9.53 Å². The van der Waals surface area contributed by atoms with Crippen LogP contribution < -0.4 is 4.74 Å². The average molecular weight is 433 g/mol. The van der Waals surface area contributed by atoms with Crippen molar-refractivity contribution in [1.29, 1.82) is 0 Å². The topological polar surface area (TPSA) is 96.2 Å². The molecule has 1 saturated heterocycles. The van der Waals surface area contributed by atoms with Crippen molar-refractivity contribution in [2.45, 2.75) is 63.8 Å². The zero-order chi connectivity index (χ0) is 22.2. The van der Waals surface area contributed by atoms with Crippen LogP contribution in [-0.4, -0.2) is 52.8 Å². The standard InChI is InChI=1S/C25H36O6/c1-2-6-18(25(28)29)13-17-9-11-22-21(23(27)14-24(22)31-15-17)12-10-19(26)16-30-20-7-4-3-5-8-20/h3-5,7-8,10,12,17-19,21-24,26-27H,2,6,9,11,13-16H2,1H3,(H,28,29)/b12-10+/t17?,18?,19-,21-,22-,23-,24+/m1/s1. The number of carboxylic acids is 1. The average Bonchev–Trinajstić information content (AvgIpc) is 2.93. The minimum atomic E-state index is -0.753. The second-order valence-electron chi connectivity index (χ2n) is 9.00. The molecular weight excluding hydrogens is 396 g/mol. The van der Waals surface area contributed by atoms with Crippen molar-refractivity contribution in [1.82, 2.24) is 0 Å². The van der Waals surface area contributed by atoms with Gasteiger partial charge in [-0.15, -0.1) is 0 Å². The lowest BCUT2D eigenvalue weighted by Gasteiger charge is -2.21. The van der Waals surface area contributed by atoms with Gasteiger partial charge < -0.3 is 24.8 Å². The van der Waals surface area contributed by atoms with E-state index in [1.807, 2.05) is 43.3 Å².